The second-order valence-electron chi connectivity index (χ2n) is 5.38. The predicted octanol–water partition coefficient (Wildman–Crippen LogP) is 3.86. The summed E-state index contributed by atoms with van der Waals surface area (Å²) < 4.78 is 5.32. The second-order valence-corrected chi connectivity index (χ2v) is 6.80. The number of methoxy groups -OCH3 is 1. The molecule has 0 saturated carbocycles. The molecule has 1 N–H and O–H groups in total. The van der Waals surface area contributed by atoms with Crippen LogP contribution in [0.2, 0.25) is 0 Å². The lowest BCUT2D eigenvalue weighted by molar-refractivity contribution is 0.346. The smallest absolute Gasteiger partial charge is 0.119 e. The van der Waals surface area contributed by atoms with Gasteiger partial charge < -0.3 is 10.1 Å². The Kier molecular flexibility index (Phi) is 4.23. The van der Waals surface area contributed by atoms with Gasteiger partial charge in [-0.2, -0.15) is 0 Å². The average molecular weight is 265 g/mol. The molecule has 1 aromatic rings. The van der Waals surface area contributed by atoms with Gasteiger partial charge in [0, 0.05) is 22.2 Å². The van der Waals surface area contributed by atoms with Crippen molar-refractivity contribution in [3.05, 3.63) is 23.8 Å². The van der Waals surface area contributed by atoms with Crippen LogP contribution in [0.4, 0.5) is 0 Å². The van der Waals surface area contributed by atoms with Gasteiger partial charge >= 0.3 is 0 Å². The fourth-order valence-electron chi connectivity index (χ4n) is 2.46. The van der Waals surface area contributed by atoms with E-state index in [1.54, 1.807) is 7.11 Å². The Morgan fingerprint density at radius 3 is 2.61 bits per heavy atom. The largest absolute Gasteiger partial charge is 0.497 e. The highest BCUT2D eigenvalue weighted by atomic mass is 32.2. The van der Waals surface area contributed by atoms with E-state index in [1.165, 1.54) is 10.5 Å². The molecular formula is C15H23NOS. The monoisotopic (exact) mass is 265 g/mol. The number of rotatable bonds is 3. The summed E-state index contributed by atoms with van der Waals surface area (Å²) in [6, 6.07) is 7.39. The lowest BCUT2D eigenvalue weighted by atomic mass is 9.90. The fraction of sp³-hybridized carbons (Fsp3) is 0.600. The maximum Gasteiger partial charge on any atom is 0.119 e. The van der Waals surface area contributed by atoms with Gasteiger partial charge in [0.15, 0.2) is 0 Å². The lowest BCUT2D eigenvalue weighted by Crippen LogP contribution is -2.37. The van der Waals surface area contributed by atoms with Crippen LogP contribution in [0.25, 0.3) is 0 Å². The normalized spacial score (nSPS) is 27.1. The molecule has 0 bridgehead atoms. The van der Waals surface area contributed by atoms with Crippen LogP contribution in [0.3, 0.4) is 0 Å². The van der Waals surface area contributed by atoms with E-state index in [4.69, 9.17) is 4.74 Å². The Morgan fingerprint density at radius 2 is 2.00 bits per heavy atom. The SMILES string of the molecule is COc1ccc2c(c1)SC(C)C(C)C2NC(C)C. The third kappa shape index (κ3) is 2.67. The number of fused-ring (bicyclic) bond motifs is 1. The summed E-state index contributed by atoms with van der Waals surface area (Å²) in [7, 11) is 1.73. The number of hydrogen-bond acceptors (Lipinski definition) is 3. The summed E-state index contributed by atoms with van der Waals surface area (Å²) >= 11 is 1.96. The number of thioether (sulfide) groups is 1. The number of nitrogens with one attached hydrogen (secondary N) is 1. The van der Waals surface area contributed by atoms with Crippen LogP contribution in [0, 0.1) is 5.92 Å². The highest BCUT2D eigenvalue weighted by Gasteiger charge is 2.32. The maximum absolute atomic E-state index is 5.32. The summed E-state index contributed by atoms with van der Waals surface area (Å²) in [5.41, 5.74) is 1.42. The molecule has 0 spiro atoms. The van der Waals surface area contributed by atoms with Crippen molar-refractivity contribution >= 4 is 11.8 Å². The summed E-state index contributed by atoms with van der Waals surface area (Å²) in [4.78, 5) is 1.36. The van der Waals surface area contributed by atoms with E-state index in [9.17, 15) is 0 Å². The fourth-order valence-corrected chi connectivity index (χ4v) is 3.75. The van der Waals surface area contributed by atoms with Gasteiger partial charge in [-0.1, -0.05) is 33.8 Å². The molecule has 3 atom stereocenters. The van der Waals surface area contributed by atoms with Crippen molar-refractivity contribution in [2.24, 2.45) is 5.92 Å². The van der Waals surface area contributed by atoms with Crippen molar-refractivity contribution in [3.8, 4) is 5.75 Å². The van der Waals surface area contributed by atoms with Crippen molar-refractivity contribution in [1.29, 1.82) is 0 Å². The van der Waals surface area contributed by atoms with E-state index in [2.05, 4.69) is 51.2 Å². The van der Waals surface area contributed by atoms with Crippen LogP contribution in [0.15, 0.2) is 23.1 Å². The minimum atomic E-state index is 0.446. The molecule has 18 heavy (non-hydrogen) atoms. The van der Waals surface area contributed by atoms with E-state index in [-0.39, 0.29) is 0 Å². The summed E-state index contributed by atoms with van der Waals surface area (Å²) in [6.07, 6.45) is 0. The molecule has 1 aromatic carbocycles. The van der Waals surface area contributed by atoms with E-state index < -0.39 is 0 Å². The zero-order chi connectivity index (χ0) is 13.3. The molecule has 100 valence electrons. The van der Waals surface area contributed by atoms with Crippen molar-refractivity contribution in [2.45, 2.75) is 49.9 Å². The van der Waals surface area contributed by atoms with Crippen LogP contribution in [0.1, 0.15) is 39.3 Å². The Bertz CT molecular complexity index is 419. The molecule has 3 heteroatoms. The van der Waals surface area contributed by atoms with Gasteiger partial charge in [0.2, 0.25) is 0 Å². The maximum atomic E-state index is 5.32. The molecule has 0 aromatic heterocycles. The topological polar surface area (TPSA) is 21.3 Å². The first-order chi connectivity index (χ1) is 8.52. The molecule has 0 fully saturated rings. The standard InChI is InChI=1S/C15H23NOS/c1-9(2)16-15-10(3)11(4)18-14-8-12(17-5)6-7-13(14)15/h6-11,15-16H,1-5H3. The van der Waals surface area contributed by atoms with E-state index in [0.717, 1.165) is 5.75 Å². The Hall–Kier alpha value is -0.670. The van der Waals surface area contributed by atoms with Gasteiger partial charge in [0.1, 0.15) is 5.75 Å². The van der Waals surface area contributed by atoms with E-state index in [0.29, 0.717) is 23.3 Å². The van der Waals surface area contributed by atoms with Gasteiger partial charge in [-0.3, -0.25) is 0 Å². The Balaban J connectivity index is 2.37. The molecule has 0 radical (unpaired) electrons. The average Bonchev–Trinajstić information content (AvgIpc) is 2.33. The molecule has 2 rings (SSSR count). The third-order valence-electron chi connectivity index (χ3n) is 3.65. The van der Waals surface area contributed by atoms with E-state index >= 15 is 0 Å². The first kappa shape index (κ1) is 13.8. The third-order valence-corrected chi connectivity index (χ3v) is 5.06. The quantitative estimate of drug-likeness (QED) is 0.896. The first-order valence-electron chi connectivity index (χ1n) is 6.63. The van der Waals surface area contributed by atoms with Gasteiger partial charge in [-0.15, -0.1) is 11.8 Å². The molecule has 0 amide bonds. The first-order valence-corrected chi connectivity index (χ1v) is 7.51. The highest BCUT2D eigenvalue weighted by Crippen LogP contribution is 2.45. The van der Waals surface area contributed by atoms with E-state index in [1.807, 2.05) is 11.8 Å². The van der Waals surface area contributed by atoms with Gasteiger partial charge in [-0.25, -0.2) is 0 Å². The molecule has 3 unspecified atom stereocenters. The molecule has 1 heterocycles. The summed E-state index contributed by atoms with van der Waals surface area (Å²) in [6.45, 7) is 9.07. The van der Waals surface area contributed by atoms with Gasteiger partial charge in [0.05, 0.1) is 7.11 Å². The Labute approximate surface area is 114 Å². The highest BCUT2D eigenvalue weighted by molar-refractivity contribution is 8.00. The molecule has 0 saturated heterocycles. The van der Waals surface area contributed by atoms with Crippen molar-refractivity contribution < 1.29 is 4.74 Å². The summed E-state index contributed by atoms with van der Waals surface area (Å²) in [5, 5.41) is 4.33. The van der Waals surface area contributed by atoms with Crippen LogP contribution in [-0.2, 0) is 0 Å². The lowest BCUT2D eigenvalue weighted by Gasteiger charge is -2.37. The summed E-state index contributed by atoms with van der Waals surface area (Å²) in [5.74, 6) is 1.59. The number of benzene rings is 1. The number of ether oxygens (including phenoxy) is 1. The molecular weight excluding hydrogens is 242 g/mol. The number of hydrogen-bond donors (Lipinski definition) is 1. The minimum absolute atomic E-state index is 0.446. The zero-order valence-corrected chi connectivity index (χ0v) is 12.7. The van der Waals surface area contributed by atoms with Crippen LogP contribution in [0.5, 0.6) is 5.75 Å². The van der Waals surface area contributed by atoms with Crippen LogP contribution < -0.4 is 10.1 Å². The van der Waals surface area contributed by atoms with Crippen molar-refractivity contribution in [2.75, 3.05) is 7.11 Å². The van der Waals surface area contributed by atoms with Crippen molar-refractivity contribution in [3.63, 3.8) is 0 Å². The van der Waals surface area contributed by atoms with Crippen molar-refractivity contribution in [1.82, 2.24) is 5.32 Å². The predicted molar refractivity (Wildman–Crippen MR) is 78.5 cm³/mol. The Morgan fingerprint density at radius 1 is 1.28 bits per heavy atom. The zero-order valence-electron chi connectivity index (χ0n) is 11.9. The second kappa shape index (κ2) is 5.54. The molecule has 1 aliphatic rings. The van der Waals surface area contributed by atoms with Crippen LogP contribution >= 0.6 is 11.8 Å². The molecule has 2 nitrogen and oxygen atoms in total. The minimum Gasteiger partial charge on any atom is -0.497 e. The van der Waals surface area contributed by atoms with Gasteiger partial charge in [0.25, 0.3) is 0 Å². The van der Waals surface area contributed by atoms with Crippen LogP contribution in [-0.4, -0.2) is 18.4 Å². The molecule has 0 aliphatic carbocycles. The molecule has 1 aliphatic heterocycles. The van der Waals surface area contributed by atoms with Gasteiger partial charge in [-0.05, 0) is 23.6 Å².